The van der Waals surface area contributed by atoms with Crippen molar-refractivity contribution in [3.8, 4) is 0 Å². The smallest absolute Gasteiger partial charge is 0.209 e. The first kappa shape index (κ1) is 13.9. The van der Waals surface area contributed by atoms with Crippen LogP contribution in [0.25, 0.3) is 0 Å². The van der Waals surface area contributed by atoms with Crippen LogP contribution in [-0.4, -0.2) is 14.2 Å². The number of carbonyl (C=O) groups is 1. The summed E-state index contributed by atoms with van der Waals surface area (Å²) in [5.74, 6) is -0.739. The molecule has 1 aliphatic carbocycles. The lowest BCUT2D eigenvalue weighted by atomic mass is 9.91. The molecule has 2 aromatic rings. The number of hydrogen-bond donors (Lipinski definition) is 0. The van der Waals surface area contributed by atoms with Crippen LogP contribution in [0.5, 0.6) is 0 Å². The molecule has 0 aromatic heterocycles. The van der Waals surface area contributed by atoms with Crippen molar-refractivity contribution in [2.45, 2.75) is 29.1 Å². The van der Waals surface area contributed by atoms with Crippen molar-refractivity contribution in [3.63, 3.8) is 0 Å². The average Bonchev–Trinajstić information content (AvgIpc) is 2.47. The number of benzene rings is 2. The van der Waals surface area contributed by atoms with Gasteiger partial charge in [0, 0.05) is 12.0 Å². The van der Waals surface area contributed by atoms with Gasteiger partial charge in [0.15, 0.2) is 5.78 Å². The Bertz CT molecular complexity index is 825. The number of carbonyl (C=O) groups excluding carboxylic acids is 1. The highest BCUT2D eigenvalue weighted by Gasteiger charge is 2.24. The van der Waals surface area contributed by atoms with Crippen molar-refractivity contribution < 1.29 is 17.6 Å². The molecule has 108 valence electrons. The Morgan fingerprint density at radius 2 is 1.76 bits per heavy atom. The van der Waals surface area contributed by atoms with Crippen LogP contribution in [-0.2, 0) is 16.3 Å². The fourth-order valence-electron chi connectivity index (χ4n) is 2.58. The zero-order valence-electron chi connectivity index (χ0n) is 11.2. The normalized spacial score (nSPS) is 14.8. The Labute approximate surface area is 122 Å². The molecule has 0 spiro atoms. The number of halogens is 1. The van der Waals surface area contributed by atoms with Gasteiger partial charge in [0.2, 0.25) is 9.84 Å². The van der Waals surface area contributed by atoms with Crippen LogP contribution in [0.1, 0.15) is 28.8 Å². The van der Waals surface area contributed by atoms with E-state index in [1.807, 2.05) is 0 Å². The zero-order valence-corrected chi connectivity index (χ0v) is 12.0. The average molecular weight is 304 g/mol. The second-order valence-electron chi connectivity index (χ2n) is 5.03. The molecule has 5 heteroatoms. The topological polar surface area (TPSA) is 51.2 Å². The summed E-state index contributed by atoms with van der Waals surface area (Å²) in [6, 6.07) is 9.70. The molecular weight excluding hydrogens is 291 g/mol. The molecule has 0 unspecified atom stereocenters. The molecule has 3 nitrogen and oxygen atoms in total. The van der Waals surface area contributed by atoms with Gasteiger partial charge >= 0.3 is 0 Å². The molecule has 0 aliphatic heterocycles. The highest BCUT2D eigenvalue weighted by molar-refractivity contribution is 7.91. The summed E-state index contributed by atoms with van der Waals surface area (Å²) in [4.78, 5) is 11.4. The van der Waals surface area contributed by atoms with Crippen molar-refractivity contribution >= 4 is 15.6 Å². The third-order valence-electron chi connectivity index (χ3n) is 3.66. The standard InChI is InChI=1S/C16H13FO3S/c17-14-5-1-2-7-16(14)21(19,20)12-8-9-13-11(10-12)4-3-6-15(13)18/h1-2,5,7-10H,3-4,6H2. The van der Waals surface area contributed by atoms with E-state index < -0.39 is 15.7 Å². The summed E-state index contributed by atoms with van der Waals surface area (Å²) < 4.78 is 38.7. The number of rotatable bonds is 2. The molecule has 0 atom stereocenters. The van der Waals surface area contributed by atoms with Crippen LogP contribution in [0.15, 0.2) is 52.3 Å². The summed E-state index contributed by atoms with van der Waals surface area (Å²) in [5.41, 5.74) is 1.30. The summed E-state index contributed by atoms with van der Waals surface area (Å²) in [6.45, 7) is 0. The van der Waals surface area contributed by atoms with E-state index in [2.05, 4.69) is 0 Å². The van der Waals surface area contributed by atoms with Gasteiger partial charge in [-0.05, 0) is 48.7 Å². The maximum atomic E-state index is 13.7. The largest absolute Gasteiger partial charge is 0.294 e. The predicted octanol–water partition coefficient (Wildman–Crippen LogP) is 3.18. The molecule has 0 saturated heterocycles. The molecule has 0 bridgehead atoms. The Morgan fingerprint density at radius 3 is 2.52 bits per heavy atom. The highest BCUT2D eigenvalue weighted by Crippen LogP contribution is 2.28. The first-order valence-electron chi connectivity index (χ1n) is 6.66. The molecule has 2 aromatic carbocycles. The molecule has 0 N–H and O–H groups in total. The van der Waals surface area contributed by atoms with E-state index in [4.69, 9.17) is 0 Å². The number of ketones is 1. The Kier molecular flexibility index (Phi) is 3.37. The van der Waals surface area contributed by atoms with Gasteiger partial charge in [-0.15, -0.1) is 0 Å². The zero-order chi connectivity index (χ0) is 15.0. The predicted molar refractivity (Wildman–Crippen MR) is 75.6 cm³/mol. The van der Waals surface area contributed by atoms with E-state index in [1.54, 1.807) is 0 Å². The SMILES string of the molecule is O=C1CCCc2cc(S(=O)(=O)c3ccccc3F)ccc21. The molecule has 0 fully saturated rings. The quantitative estimate of drug-likeness (QED) is 0.856. The maximum Gasteiger partial charge on any atom is 0.209 e. The minimum atomic E-state index is -3.91. The fourth-order valence-corrected chi connectivity index (χ4v) is 3.96. The fraction of sp³-hybridized carbons (Fsp3) is 0.188. The molecule has 21 heavy (non-hydrogen) atoms. The van der Waals surface area contributed by atoms with Crippen molar-refractivity contribution in [1.82, 2.24) is 0 Å². The van der Waals surface area contributed by atoms with Crippen molar-refractivity contribution in [2.24, 2.45) is 0 Å². The number of aryl methyl sites for hydroxylation is 1. The minimum Gasteiger partial charge on any atom is -0.294 e. The summed E-state index contributed by atoms with van der Waals surface area (Å²) in [5, 5.41) is 0. The Hall–Kier alpha value is -2.01. The second-order valence-corrected chi connectivity index (χ2v) is 6.95. The van der Waals surface area contributed by atoms with Gasteiger partial charge in [0.25, 0.3) is 0 Å². The van der Waals surface area contributed by atoms with Gasteiger partial charge < -0.3 is 0 Å². The number of Topliss-reactive ketones (excluding diaryl/α,β-unsaturated/α-hetero) is 1. The third-order valence-corrected chi connectivity index (χ3v) is 5.45. The van der Waals surface area contributed by atoms with Gasteiger partial charge in [-0.3, -0.25) is 4.79 Å². The van der Waals surface area contributed by atoms with Gasteiger partial charge in [-0.2, -0.15) is 0 Å². The van der Waals surface area contributed by atoms with Crippen molar-refractivity contribution in [2.75, 3.05) is 0 Å². The monoisotopic (exact) mass is 304 g/mol. The first-order valence-corrected chi connectivity index (χ1v) is 8.14. The van der Waals surface area contributed by atoms with E-state index in [0.717, 1.165) is 18.1 Å². The maximum absolute atomic E-state index is 13.7. The summed E-state index contributed by atoms with van der Waals surface area (Å²) >= 11 is 0. The van der Waals surface area contributed by atoms with Crippen LogP contribution in [0.3, 0.4) is 0 Å². The molecule has 1 aliphatic rings. The van der Waals surface area contributed by atoms with Crippen LogP contribution >= 0.6 is 0 Å². The van der Waals surface area contributed by atoms with Crippen molar-refractivity contribution in [1.29, 1.82) is 0 Å². The minimum absolute atomic E-state index is 0.0288. The molecule has 0 amide bonds. The van der Waals surface area contributed by atoms with E-state index >= 15 is 0 Å². The van der Waals surface area contributed by atoms with E-state index in [-0.39, 0.29) is 15.6 Å². The molecule has 0 radical (unpaired) electrons. The van der Waals surface area contributed by atoms with Crippen LogP contribution in [0, 0.1) is 5.82 Å². The van der Waals surface area contributed by atoms with E-state index in [1.165, 1.54) is 36.4 Å². The van der Waals surface area contributed by atoms with Crippen LogP contribution in [0.2, 0.25) is 0 Å². The lowest BCUT2D eigenvalue weighted by Gasteiger charge is -2.15. The first-order chi connectivity index (χ1) is 10.00. The highest BCUT2D eigenvalue weighted by atomic mass is 32.2. The molecule has 0 saturated carbocycles. The lowest BCUT2D eigenvalue weighted by Crippen LogP contribution is -2.12. The van der Waals surface area contributed by atoms with Gasteiger partial charge in [0.05, 0.1) is 4.90 Å². The second kappa shape index (κ2) is 5.07. The molecule has 3 rings (SSSR count). The molecule has 0 heterocycles. The van der Waals surface area contributed by atoms with Crippen molar-refractivity contribution in [3.05, 3.63) is 59.4 Å². The summed E-state index contributed by atoms with van der Waals surface area (Å²) in [7, 11) is -3.91. The summed E-state index contributed by atoms with van der Waals surface area (Å²) in [6.07, 6.45) is 1.88. The number of sulfone groups is 1. The van der Waals surface area contributed by atoms with Gasteiger partial charge in [0.1, 0.15) is 10.7 Å². The third kappa shape index (κ3) is 2.38. The van der Waals surface area contributed by atoms with Gasteiger partial charge in [-0.25, -0.2) is 12.8 Å². The molecular formula is C16H13FO3S. The lowest BCUT2D eigenvalue weighted by molar-refractivity contribution is 0.0972. The van der Waals surface area contributed by atoms with E-state index in [0.29, 0.717) is 18.4 Å². The van der Waals surface area contributed by atoms with Crippen LogP contribution < -0.4 is 0 Å². The van der Waals surface area contributed by atoms with E-state index in [9.17, 15) is 17.6 Å². The Morgan fingerprint density at radius 1 is 1.00 bits per heavy atom. The Balaban J connectivity index is 2.13. The van der Waals surface area contributed by atoms with Crippen LogP contribution in [0.4, 0.5) is 4.39 Å². The number of hydrogen-bond acceptors (Lipinski definition) is 3. The van der Waals surface area contributed by atoms with Gasteiger partial charge in [-0.1, -0.05) is 12.1 Å². The number of fused-ring (bicyclic) bond motifs is 1.